The molecule has 1 atom stereocenters. The van der Waals surface area contributed by atoms with Crippen molar-refractivity contribution in [3.63, 3.8) is 0 Å². The number of thiophene rings is 1. The van der Waals surface area contributed by atoms with Gasteiger partial charge in [0.25, 0.3) is 0 Å². The van der Waals surface area contributed by atoms with E-state index in [9.17, 15) is 14.3 Å². The fourth-order valence-electron chi connectivity index (χ4n) is 3.92. The van der Waals surface area contributed by atoms with E-state index in [1.165, 1.54) is 6.07 Å². The summed E-state index contributed by atoms with van der Waals surface area (Å²) >= 11 is 1.16. The van der Waals surface area contributed by atoms with Gasteiger partial charge in [-0.05, 0) is 25.0 Å². The third-order valence-corrected chi connectivity index (χ3v) is 6.48. The number of piperazine rings is 1. The van der Waals surface area contributed by atoms with Crippen molar-refractivity contribution < 1.29 is 19.0 Å². The first kappa shape index (κ1) is 17.9. The van der Waals surface area contributed by atoms with Crippen LogP contribution in [-0.4, -0.2) is 66.3 Å². The SMILES string of the molecule is O=C(O)c1sc2cccc(F)c2c1CN1CCN(CC2CCCO2)CC1. The van der Waals surface area contributed by atoms with Crippen LogP contribution in [0, 0.1) is 5.82 Å². The van der Waals surface area contributed by atoms with Crippen molar-refractivity contribution in [3.05, 3.63) is 34.5 Å². The van der Waals surface area contributed by atoms with Crippen LogP contribution in [0.2, 0.25) is 0 Å². The summed E-state index contributed by atoms with van der Waals surface area (Å²) in [6.45, 7) is 5.93. The van der Waals surface area contributed by atoms with Crippen LogP contribution in [-0.2, 0) is 11.3 Å². The Kier molecular flexibility index (Phi) is 5.22. The number of ether oxygens (including phenoxy) is 1. The van der Waals surface area contributed by atoms with E-state index in [-0.39, 0.29) is 10.7 Å². The third kappa shape index (κ3) is 3.62. The molecular weight excluding hydrogens is 355 g/mol. The van der Waals surface area contributed by atoms with Crippen LogP contribution in [0.1, 0.15) is 28.1 Å². The standard InChI is InChI=1S/C19H23FN2O3S/c20-15-4-1-5-16-17(15)14(18(26-16)19(23)24)12-22-8-6-21(7-9-22)11-13-3-2-10-25-13/h1,4-5,13H,2-3,6-12H2,(H,23,24). The van der Waals surface area contributed by atoms with Gasteiger partial charge in [0, 0.05) is 61.5 Å². The van der Waals surface area contributed by atoms with Gasteiger partial charge in [-0.25, -0.2) is 9.18 Å². The van der Waals surface area contributed by atoms with Crippen LogP contribution in [0.4, 0.5) is 4.39 Å². The van der Waals surface area contributed by atoms with E-state index in [4.69, 9.17) is 4.74 Å². The van der Waals surface area contributed by atoms with Crippen LogP contribution < -0.4 is 0 Å². The number of aromatic carboxylic acids is 1. The van der Waals surface area contributed by atoms with Gasteiger partial charge in [0.05, 0.1) is 6.10 Å². The van der Waals surface area contributed by atoms with Gasteiger partial charge in [-0.15, -0.1) is 11.3 Å². The van der Waals surface area contributed by atoms with Gasteiger partial charge < -0.3 is 9.84 Å². The Morgan fingerprint density at radius 2 is 2.04 bits per heavy atom. The Morgan fingerprint density at radius 1 is 1.27 bits per heavy atom. The molecule has 1 N–H and O–H groups in total. The minimum absolute atomic E-state index is 0.256. The highest BCUT2D eigenvalue weighted by atomic mass is 32.1. The van der Waals surface area contributed by atoms with Crippen LogP contribution in [0.15, 0.2) is 18.2 Å². The van der Waals surface area contributed by atoms with E-state index in [2.05, 4.69) is 9.80 Å². The molecule has 0 radical (unpaired) electrons. The molecule has 0 spiro atoms. The van der Waals surface area contributed by atoms with E-state index >= 15 is 0 Å². The molecule has 1 unspecified atom stereocenters. The normalized spacial score (nSPS) is 22.3. The molecule has 0 amide bonds. The lowest BCUT2D eigenvalue weighted by Crippen LogP contribution is -2.48. The molecule has 5 nitrogen and oxygen atoms in total. The number of carboxylic acid groups (broad SMARTS) is 1. The first-order valence-electron chi connectivity index (χ1n) is 9.11. The molecule has 2 fully saturated rings. The van der Waals surface area contributed by atoms with Gasteiger partial charge in [-0.3, -0.25) is 9.80 Å². The molecule has 2 saturated heterocycles. The smallest absolute Gasteiger partial charge is 0.346 e. The highest BCUT2D eigenvalue weighted by Gasteiger charge is 2.26. The van der Waals surface area contributed by atoms with Gasteiger partial charge in [0.1, 0.15) is 10.7 Å². The van der Waals surface area contributed by atoms with Gasteiger partial charge >= 0.3 is 5.97 Å². The minimum atomic E-state index is -0.974. The maximum atomic E-state index is 14.3. The average molecular weight is 378 g/mol. The van der Waals surface area contributed by atoms with E-state index in [0.29, 0.717) is 28.3 Å². The first-order valence-corrected chi connectivity index (χ1v) is 9.93. The zero-order chi connectivity index (χ0) is 18.1. The first-order chi connectivity index (χ1) is 12.6. The predicted molar refractivity (Wildman–Crippen MR) is 99.4 cm³/mol. The third-order valence-electron chi connectivity index (χ3n) is 5.29. The van der Waals surface area contributed by atoms with E-state index in [1.807, 2.05) is 0 Å². The summed E-state index contributed by atoms with van der Waals surface area (Å²) in [5.41, 5.74) is 0.614. The summed E-state index contributed by atoms with van der Waals surface area (Å²) in [4.78, 5) is 16.5. The number of halogens is 1. The fourth-order valence-corrected chi connectivity index (χ4v) is 4.99. The molecule has 140 valence electrons. The molecule has 0 aliphatic carbocycles. The molecule has 0 saturated carbocycles. The van der Waals surface area contributed by atoms with Crippen LogP contribution in [0.5, 0.6) is 0 Å². The largest absolute Gasteiger partial charge is 0.477 e. The highest BCUT2D eigenvalue weighted by molar-refractivity contribution is 7.21. The highest BCUT2D eigenvalue weighted by Crippen LogP contribution is 2.34. The summed E-state index contributed by atoms with van der Waals surface area (Å²) in [5, 5.41) is 10.0. The summed E-state index contributed by atoms with van der Waals surface area (Å²) in [6.07, 6.45) is 2.65. The second-order valence-electron chi connectivity index (χ2n) is 7.04. The van der Waals surface area contributed by atoms with Crippen molar-refractivity contribution in [2.75, 3.05) is 39.3 Å². The maximum absolute atomic E-state index is 14.3. The second-order valence-corrected chi connectivity index (χ2v) is 8.09. The van der Waals surface area contributed by atoms with Crippen LogP contribution in [0.3, 0.4) is 0 Å². The number of hydrogen-bond donors (Lipinski definition) is 1. The number of nitrogens with zero attached hydrogens (tertiary/aromatic N) is 2. The lowest BCUT2D eigenvalue weighted by Gasteiger charge is -2.35. The monoisotopic (exact) mass is 378 g/mol. The van der Waals surface area contributed by atoms with Crippen LogP contribution >= 0.6 is 11.3 Å². The van der Waals surface area contributed by atoms with Crippen LogP contribution in [0.25, 0.3) is 10.1 Å². The van der Waals surface area contributed by atoms with Crippen molar-refractivity contribution >= 4 is 27.4 Å². The number of rotatable bonds is 5. The van der Waals surface area contributed by atoms with E-state index < -0.39 is 5.97 Å². The molecule has 0 bridgehead atoms. The molecule has 26 heavy (non-hydrogen) atoms. The summed E-state index contributed by atoms with van der Waals surface area (Å²) < 4.78 is 20.8. The number of benzene rings is 1. The number of carbonyl (C=O) groups is 1. The number of hydrogen-bond acceptors (Lipinski definition) is 5. The molecule has 1 aromatic carbocycles. The maximum Gasteiger partial charge on any atom is 0.346 e. The summed E-state index contributed by atoms with van der Waals surface area (Å²) in [6, 6.07) is 4.83. The zero-order valence-electron chi connectivity index (χ0n) is 14.6. The van der Waals surface area contributed by atoms with E-state index in [0.717, 1.165) is 63.5 Å². The Morgan fingerprint density at radius 3 is 2.73 bits per heavy atom. The minimum Gasteiger partial charge on any atom is -0.477 e. The quantitative estimate of drug-likeness (QED) is 0.867. The molecule has 7 heteroatoms. The molecule has 2 aliphatic heterocycles. The molecule has 1 aromatic heterocycles. The number of carboxylic acids is 1. The topological polar surface area (TPSA) is 53.0 Å². The van der Waals surface area contributed by atoms with Crippen molar-refractivity contribution in [1.82, 2.24) is 9.80 Å². The Balaban J connectivity index is 1.46. The summed E-state index contributed by atoms with van der Waals surface area (Å²) in [7, 11) is 0. The van der Waals surface area contributed by atoms with Gasteiger partial charge in [0.2, 0.25) is 0 Å². The van der Waals surface area contributed by atoms with Gasteiger partial charge in [-0.2, -0.15) is 0 Å². The molecule has 2 aliphatic rings. The second kappa shape index (κ2) is 7.60. The molecule has 3 heterocycles. The van der Waals surface area contributed by atoms with Crippen molar-refractivity contribution in [1.29, 1.82) is 0 Å². The van der Waals surface area contributed by atoms with Gasteiger partial charge in [0.15, 0.2) is 0 Å². The fraction of sp³-hybridized carbons (Fsp3) is 0.526. The Hall–Kier alpha value is -1.54. The van der Waals surface area contributed by atoms with Gasteiger partial charge in [-0.1, -0.05) is 6.07 Å². The Labute approximate surface area is 156 Å². The average Bonchev–Trinajstić information content (AvgIpc) is 3.25. The van der Waals surface area contributed by atoms with Crippen molar-refractivity contribution in [2.24, 2.45) is 0 Å². The number of fused-ring (bicyclic) bond motifs is 1. The lowest BCUT2D eigenvalue weighted by atomic mass is 10.1. The molecule has 4 rings (SSSR count). The molecular formula is C19H23FN2O3S. The predicted octanol–water partition coefficient (Wildman–Crippen LogP) is 3.04. The summed E-state index contributed by atoms with van der Waals surface area (Å²) in [5.74, 6) is -1.31. The Bertz CT molecular complexity index is 795. The van der Waals surface area contributed by atoms with Crippen molar-refractivity contribution in [2.45, 2.75) is 25.5 Å². The van der Waals surface area contributed by atoms with E-state index in [1.54, 1.807) is 12.1 Å². The zero-order valence-corrected chi connectivity index (χ0v) is 15.4. The molecule has 2 aromatic rings. The lowest BCUT2D eigenvalue weighted by molar-refractivity contribution is 0.0488. The van der Waals surface area contributed by atoms with Crippen molar-refractivity contribution in [3.8, 4) is 0 Å².